The first-order chi connectivity index (χ1) is 9.95. The largest absolute Gasteiger partial charge is 0.382 e. The van der Waals surface area contributed by atoms with Crippen molar-refractivity contribution >= 4 is 38.9 Å². The Morgan fingerprint density at radius 1 is 1.14 bits per heavy atom. The third-order valence-corrected chi connectivity index (χ3v) is 4.13. The van der Waals surface area contributed by atoms with Gasteiger partial charge in [0.2, 0.25) is 0 Å². The van der Waals surface area contributed by atoms with E-state index >= 15 is 0 Å². The smallest absolute Gasteiger partial charge is 0.0659 e. The van der Waals surface area contributed by atoms with Gasteiger partial charge in [0.25, 0.3) is 0 Å². The number of hydrogen-bond donors (Lipinski definition) is 1. The topological polar surface area (TPSA) is 15.3 Å². The van der Waals surface area contributed by atoms with Gasteiger partial charge in [0.15, 0.2) is 0 Å². The fourth-order valence-corrected chi connectivity index (χ4v) is 2.88. The highest BCUT2D eigenvalue weighted by atomic mass is 79.9. The maximum atomic E-state index is 6.30. The molecule has 0 amide bonds. The predicted octanol–water partition coefficient (Wildman–Crippen LogP) is 5.21. The van der Waals surface area contributed by atoms with Gasteiger partial charge in [-0.3, -0.25) is 0 Å². The van der Waals surface area contributed by atoms with Crippen LogP contribution in [-0.2, 0) is 6.42 Å². The second-order valence-electron chi connectivity index (χ2n) is 5.44. The van der Waals surface area contributed by atoms with Crippen molar-refractivity contribution in [3.63, 3.8) is 0 Å². The van der Waals surface area contributed by atoms with Crippen LogP contribution in [0.4, 0.5) is 11.4 Å². The Morgan fingerprint density at radius 2 is 1.81 bits per heavy atom. The highest BCUT2D eigenvalue weighted by Crippen LogP contribution is 2.27. The van der Waals surface area contributed by atoms with E-state index < -0.39 is 0 Å². The summed E-state index contributed by atoms with van der Waals surface area (Å²) < 4.78 is 1.11. The van der Waals surface area contributed by atoms with Crippen LogP contribution in [0.5, 0.6) is 0 Å². The normalized spacial score (nSPS) is 12.0. The monoisotopic (exact) mass is 366 g/mol. The maximum absolute atomic E-state index is 6.30. The number of nitrogens with zero attached hydrogens (tertiary/aromatic N) is 1. The zero-order chi connectivity index (χ0) is 15.4. The van der Waals surface area contributed by atoms with Crippen LogP contribution < -0.4 is 10.2 Å². The zero-order valence-electron chi connectivity index (χ0n) is 12.5. The lowest BCUT2D eigenvalue weighted by Gasteiger charge is -2.18. The average molecular weight is 368 g/mol. The summed E-state index contributed by atoms with van der Waals surface area (Å²) in [6.45, 7) is 2.18. The Balaban J connectivity index is 2.00. The van der Waals surface area contributed by atoms with Gasteiger partial charge in [0, 0.05) is 30.3 Å². The maximum Gasteiger partial charge on any atom is 0.0659 e. The fourth-order valence-electron chi connectivity index (χ4n) is 2.27. The van der Waals surface area contributed by atoms with Crippen LogP contribution in [0.25, 0.3) is 0 Å². The summed E-state index contributed by atoms with van der Waals surface area (Å²) in [6, 6.07) is 14.9. The SMILES string of the molecule is CC(Cc1ccc(Br)cc1)Nc1ccc(N(C)C)c(Cl)c1. The molecular weight excluding hydrogens is 348 g/mol. The lowest BCUT2D eigenvalue weighted by Crippen LogP contribution is -2.18. The highest BCUT2D eigenvalue weighted by Gasteiger charge is 2.07. The number of rotatable bonds is 5. The number of halogens is 2. The number of hydrogen-bond acceptors (Lipinski definition) is 2. The first-order valence-electron chi connectivity index (χ1n) is 6.93. The Bertz CT molecular complexity index is 596. The van der Waals surface area contributed by atoms with Crippen molar-refractivity contribution in [3.8, 4) is 0 Å². The van der Waals surface area contributed by atoms with E-state index in [4.69, 9.17) is 11.6 Å². The van der Waals surface area contributed by atoms with Gasteiger partial charge in [-0.15, -0.1) is 0 Å². The van der Waals surface area contributed by atoms with Crippen LogP contribution >= 0.6 is 27.5 Å². The first kappa shape index (κ1) is 16.2. The number of anilines is 2. The molecule has 0 saturated heterocycles. The van der Waals surface area contributed by atoms with Gasteiger partial charge in [-0.1, -0.05) is 39.7 Å². The number of benzene rings is 2. The van der Waals surface area contributed by atoms with E-state index in [1.165, 1.54) is 5.56 Å². The van der Waals surface area contributed by atoms with Gasteiger partial charge in [-0.25, -0.2) is 0 Å². The van der Waals surface area contributed by atoms with Gasteiger partial charge in [-0.2, -0.15) is 0 Å². The van der Waals surface area contributed by atoms with Crippen LogP contribution in [0.2, 0.25) is 5.02 Å². The molecule has 0 radical (unpaired) electrons. The van der Waals surface area contributed by atoms with Crippen LogP contribution in [0.3, 0.4) is 0 Å². The molecular formula is C17H20BrClN2. The summed E-state index contributed by atoms with van der Waals surface area (Å²) in [7, 11) is 3.98. The number of nitrogens with one attached hydrogen (secondary N) is 1. The Kier molecular flexibility index (Phi) is 5.54. The Morgan fingerprint density at radius 3 is 2.38 bits per heavy atom. The van der Waals surface area contributed by atoms with E-state index in [-0.39, 0.29) is 0 Å². The Labute approximate surface area is 140 Å². The summed E-state index contributed by atoms with van der Waals surface area (Å²) in [5, 5.41) is 4.26. The molecule has 2 nitrogen and oxygen atoms in total. The van der Waals surface area contributed by atoms with Crippen molar-refractivity contribution in [2.24, 2.45) is 0 Å². The molecule has 0 aliphatic rings. The summed E-state index contributed by atoms with van der Waals surface area (Å²) in [6.07, 6.45) is 0.973. The first-order valence-corrected chi connectivity index (χ1v) is 8.10. The second-order valence-corrected chi connectivity index (χ2v) is 6.76. The van der Waals surface area contributed by atoms with E-state index in [0.29, 0.717) is 6.04 Å². The Hall–Kier alpha value is -1.19. The molecule has 2 aromatic rings. The quantitative estimate of drug-likeness (QED) is 0.780. The van der Waals surface area contributed by atoms with Gasteiger partial charge < -0.3 is 10.2 Å². The second kappa shape index (κ2) is 7.19. The van der Waals surface area contributed by atoms with Gasteiger partial charge in [0.05, 0.1) is 10.7 Å². The highest BCUT2D eigenvalue weighted by molar-refractivity contribution is 9.10. The van der Waals surface area contributed by atoms with Gasteiger partial charge in [-0.05, 0) is 49.2 Å². The van der Waals surface area contributed by atoms with Crippen molar-refractivity contribution in [1.29, 1.82) is 0 Å². The molecule has 0 aromatic heterocycles. The molecule has 1 unspecified atom stereocenters. The minimum atomic E-state index is 0.340. The third kappa shape index (κ3) is 4.65. The summed E-state index contributed by atoms with van der Waals surface area (Å²) >= 11 is 9.76. The molecule has 2 aromatic carbocycles. The van der Waals surface area contributed by atoms with Crippen LogP contribution in [0.1, 0.15) is 12.5 Å². The predicted molar refractivity (Wildman–Crippen MR) is 96.7 cm³/mol. The molecule has 0 fully saturated rings. The summed E-state index contributed by atoms with van der Waals surface area (Å²) in [5.74, 6) is 0. The molecule has 1 atom stereocenters. The summed E-state index contributed by atoms with van der Waals surface area (Å²) in [5.41, 5.74) is 3.40. The third-order valence-electron chi connectivity index (χ3n) is 3.30. The van der Waals surface area contributed by atoms with E-state index in [1.807, 2.05) is 31.1 Å². The molecule has 0 aliphatic carbocycles. The lowest BCUT2D eigenvalue weighted by atomic mass is 10.1. The van der Waals surface area contributed by atoms with Crippen molar-refractivity contribution in [1.82, 2.24) is 0 Å². The van der Waals surface area contributed by atoms with E-state index in [1.54, 1.807) is 0 Å². The lowest BCUT2D eigenvalue weighted by molar-refractivity contribution is 0.790. The summed E-state index contributed by atoms with van der Waals surface area (Å²) in [4.78, 5) is 2.01. The molecule has 2 rings (SSSR count). The van der Waals surface area contributed by atoms with Crippen LogP contribution in [0, 0.1) is 0 Å². The van der Waals surface area contributed by atoms with Crippen molar-refractivity contribution in [3.05, 3.63) is 57.5 Å². The van der Waals surface area contributed by atoms with E-state index in [0.717, 1.165) is 27.3 Å². The standard InChI is InChI=1S/C17H20BrClN2/c1-12(10-13-4-6-14(18)7-5-13)20-15-8-9-17(21(2)3)16(19)11-15/h4-9,11-12,20H,10H2,1-3H3. The molecule has 112 valence electrons. The van der Waals surface area contributed by atoms with Crippen LogP contribution in [0.15, 0.2) is 46.9 Å². The molecule has 0 saturated carbocycles. The average Bonchev–Trinajstić information content (AvgIpc) is 2.41. The van der Waals surface area contributed by atoms with Crippen molar-refractivity contribution < 1.29 is 0 Å². The van der Waals surface area contributed by atoms with E-state index in [9.17, 15) is 0 Å². The van der Waals surface area contributed by atoms with E-state index in [2.05, 4.69) is 58.5 Å². The molecule has 0 bridgehead atoms. The van der Waals surface area contributed by atoms with Gasteiger partial charge >= 0.3 is 0 Å². The van der Waals surface area contributed by atoms with Crippen LogP contribution in [-0.4, -0.2) is 20.1 Å². The fraction of sp³-hybridized carbons (Fsp3) is 0.294. The minimum absolute atomic E-state index is 0.340. The molecule has 4 heteroatoms. The minimum Gasteiger partial charge on any atom is -0.382 e. The molecule has 0 heterocycles. The molecule has 0 aliphatic heterocycles. The molecule has 0 spiro atoms. The van der Waals surface area contributed by atoms with Crippen molar-refractivity contribution in [2.75, 3.05) is 24.3 Å². The van der Waals surface area contributed by atoms with Crippen molar-refractivity contribution in [2.45, 2.75) is 19.4 Å². The zero-order valence-corrected chi connectivity index (χ0v) is 14.9. The molecule has 1 N–H and O–H groups in total. The van der Waals surface area contributed by atoms with Gasteiger partial charge in [0.1, 0.15) is 0 Å². The molecule has 21 heavy (non-hydrogen) atoms.